The second-order valence-electron chi connectivity index (χ2n) is 6.94. The molecule has 162 valence electrons. The molecular weight excluding hydrogens is 449 g/mol. The third-order valence-electron chi connectivity index (χ3n) is 4.72. The lowest BCUT2D eigenvalue weighted by atomic mass is 10.1. The van der Waals surface area contributed by atoms with Crippen LogP contribution >= 0.6 is 23.4 Å². The minimum absolute atomic E-state index is 0.160. The third kappa shape index (κ3) is 4.68. The summed E-state index contributed by atoms with van der Waals surface area (Å²) in [4.78, 5) is 11.4. The van der Waals surface area contributed by atoms with Gasteiger partial charge >= 0.3 is 12.1 Å². The molecule has 11 heteroatoms. The standard InChI is InChI=1S/C18H16ClF7O2S/c1-4-29-15-13(22)11(20)7(12(21)14(15)23)6-28-16(27)10-8(17(10,2)3)5-9(19)18(24,25)26/h5,8,10H,4,6H2,1-3H3. The molecule has 1 aliphatic carbocycles. The van der Waals surface area contributed by atoms with Crippen LogP contribution in [0.15, 0.2) is 16.0 Å². The summed E-state index contributed by atoms with van der Waals surface area (Å²) in [5.41, 5.74) is -2.06. The Balaban J connectivity index is 2.18. The largest absolute Gasteiger partial charge is 0.460 e. The predicted molar refractivity (Wildman–Crippen MR) is 93.2 cm³/mol. The summed E-state index contributed by atoms with van der Waals surface area (Å²) in [6, 6.07) is 0. The molecule has 0 spiro atoms. The molecule has 0 saturated heterocycles. The Morgan fingerprint density at radius 3 is 2.10 bits per heavy atom. The summed E-state index contributed by atoms with van der Waals surface area (Å²) in [5.74, 6) is -9.48. The van der Waals surface area contributed by atoms with Crippen molar-refractivity contribution in [2.45, 2.75) is 38.4 Å². The lowest BCUT2D eigenvalue weighted by Gasteiger charge is -2.12. The summed E-state index contributed by atoms with van der Waals surface area (Å²) >= 11 is 5.74. The SMILES string of the molecule is CCSc1c(F)c(F)c(COC(=O)C2C(C=C(Cl)C(F)(F)F)C2(C)C)c(F)c1F. The normalized spacial score (nSPS) is 21.3. The number of benzene rings is 1. The molecule has 1 aromatic carbocycles. The van der Waals surface area contributed by atoms with Gasteiger partial charge in [-0.05, 0) is 17.1 Å². The zero-order chi connectivity index (χ0) is 22.3. The van der Waals surface area contributed by atoms with Crippen LogP contribution in [0.2, 0.25) is 0 Å². The number of allylic oxidation sites excluding steroid dienone is 2. The first kappa shape index (κ1) is 23.9. The van der Waals surface area contributed by atoms with E-state index in [2.05, 4.69) is 0 Å². The van der Waals surface area contributed by atoms with Crippen molar-refractivity contribution in [3.8, 4) is 0 Å². The highest BCUT2D eigenvalue weighted by Crippen LogP contribution is 2.60. The number of thioether (sulfide) groups is 1. The van der Waals surface area contributed by atoms with Crippen molar-refractivity contribution in [1.82, 2.24) is 0 Å². The maximum atomic E-state index is 14.1. The van der Waals surface area contributed by atoms with Gasteiger partial charge in [0.25, 0.3) is 0 Å². The van der Waals surface area contributed by atoms with Crippen LogP contribution < -0.4 is 0 Å². The average molecular weight is 465 g/mol. The highest BCUT2D eigenvalue weighted by atomic mass is 35.5. The lowest BCUT2D eigenvalue weighted by molar-refractivity contribution is -0.147. The van der Waals surface area contributed by atoms with E-state index < -0.39 is 74.8 Å². The Kier molecular flexibility index (Phi) is 6.89. The molecule has 0 aromatic heterocycles. The molecule has 1 aromatic rings. The van der Waals surface area contributed by atoms with Gasteiger partial charge in [0.15, 0.2) is 23.3 Å². The zero-order valence-electron chi connectivity index (χ0n) is 15.4. The van der Waals surface area contributed by atoms with Gasteiger partial charge in [-0.15, -0.1) is 11.8 Å². The molecule has 1 saturated carbocycles. The molecule has 0 aliphatic heterocycles. The maximum absolute atomic E-state index is 14.1. The summed E-state index contributed by atoms with van der Waals surface area (Å²) in [7, 11) is 0. The van der Waals surface area contributed by atoms with Crippen LogP contribution in [0, 0.1) is 40.5 Å². The summed E-state index contributed by atoms with van der Waals surface area (Å²) in [6.07, 6.45) is -4.11. The van der Waals surface area contributed by atoms with Crippen LogP contribution in [0.25, 0.3) is 0 Å². The molecule has 1 aliphatic rings. The maximum Gasteiger partial charge on any atom is 0.426 e. The number of ether oxygens (including phenoxy) is 1. The molecule has 2 nitrogen and oxygen atoms in total. The van der Waals surface area contributed by atoms with Crippen LogP contribution in [0.1, 0.15) is 26.3 Å². The molecule has 0 N–H and O–H groups in total. The molecule has 2 atom stereocenters. The zero-order valence-corrected chi connectivity index (χ0v) is 17.0. The van der Waals surface area contributed by atoms with E-state index in [-0.39, 0.29) is 5.75 Å². The summed E-state index contributed by atoms with van der Waals surface area (Å²) < 4.78 is 98.5. The van der Waals surface area contributed by atoms with E-state index in [9.17, 15) is 35.5 Å². The first-order valence-corrected chi connectivity index (χ1v) is 9.70. The fourth-order valence-electron chi connectivity index (χ4n) is 2.98. The number of rotatable bonds is 6. The smallest absolute Gasteiger partial charge is 0.426 e. The lowest BCUT2D eigenvalue weighted by Crippen LogP contribution is -2.14. The fourth-order valence-corrected chi connectivity index (χ4v) is 3.84. The van der Waals surface area contributed by atoms with Gasteiger partial charge < -0.3 is 4.74 Å². The second kappa shape index (κ2) is 8.37. The van der Waals surface area contributed by atoms with Gasteiger partial charge in [0, 0.05) is 0 Å². The molecular formula is C18H16ClF7O2S. The number of carbonyl (C=O) groups excluding carboxylic acids is 1. The van der Waals surface area contributed by atoms with E-state index in [1.165, 1.54) is 20.8 Å². The van der Waals surface area contributed by atoms with Crippen LogP contribution in [0.4, 0.5) is 30.7 Å². The number of alkyl halides is 3. The van der Waals surface area contributed by atoms with E-state index in [0.29, 0.717) is 17.8 Å². The first-order valence-electron chi connectivity index (χ1n) is 8.33. The van der Waals surface area contributed by atoms with Crippen molar-refractivity contribution in [2.75, 3.05) is 5.75 Å². The van der Waals surface area contributed by atoms with E-state index >= 15 is 0 Å². The quantitative estimate of drug-likeness (QED) is 0.212. The summed E-state index contributed by atoms with van der Waals surface area (Å²) in [5, 5.41) is -1.41. The van der Waals surface area contributed by atoms with E-state index in [1.54, 1.807) is 0 Å². The van der Waals surface area contributed by atoms with Gasteiger partial charge in [-0.2, -0.15) is 13.2 Å². The minimum atomic E-state index is -4.78. The van der Waals surface area contributed by atoms with Crippen LogP contribution in [0.5, 0.6) is 0 Å². The second-order valence-corrected chi connectivity index (χ2v) is 8.62. The topological polar surface area (TPSA) is 26.3 Å². The van der Waals surface area contributed by atoms with Gasteiger partial charge in [-0.25, -0.2) is 17.6 Å². The number of hydrogen-bond donors (Lipinski definition) is 0. The Bertz CT molecular complexity index is 823. The first-order chi connectivity index (χ1) is 13.2. The Morgan fingerprint density at radius 1 is 1.14 bits per heavy atom. The molecule has 0 heterocycles. The van der Waals surface area contributed by atoms with Gasteiger partial charge in [-0.3, -0.25) is 4.79 Å². The minimum Gasteiger partial charge on any atom is -0.460 e. The third-order valence-corrected chi connectivity index (χ3v) is 6.00. The van der Waals surface area contributed by atoms with Crippen molar-refractivity contribution in [3.05, 3.63) is 39.9 Å². The number of hydrogen-bond acceptors (Lipinski definition) is 3. The molecule has 2 unspecified atom stereocenters. The highest BCUT2D eigenvalue weighted by molar-refractivity contribution is 7.99. The van der Waals surface area contributed by atoms with Gasteiger partial charge in [0.1, 0.15) is 11.6 Å². The highest BCUT2D eigenvalue weighted by Gasteiger charge is 2.62. The monoisotopic (exact) mass is 464 g/mol. The molecule has 0 amide bonds. The molecule has 29 heavy (non-hydrogen) atoms. The van der Waals surface area contributed by atoms with E-state index in [1.807, 2.05) is 0 Å². The number of halogens is 8. The predicted octanol–water partition coefficient (Wildman–Crippen LogP) is 6.36. The van der Waals surface area contributed by atoms with Crippen molar-refractivity contribution in [3.63, 3.8) is 0 Å². The van der Waals surface area contributed by atoms with Crippen LogP contribution in [-0.2, 0) is 16.1 Å². The number of esters is 1. The Labute approximate surface area is 171 Å². The summed E-state index contributed by atoms with van der Waals surface area (Å²) in [6.45, 7) is 3.38. The van der Waals surface area contributed by atoms with Crippen molar-refractivity contribution in [2.24, 2.45) is 17.3 Å². The molecule has 0 bridgehead atoms. The van der Waals surface area contributed by atoms with Gasteiger partial charge in [0.2, 0.25) is 0 Å². The molecule has 1 fully saturated rings. The van der Waals surface area contributed by atoms with Crippen LogP contribution in [-0.4, -0.2) is 17.9 Å². The van der Waals surface area contributed by atoms with E-state index in [0.717, 1.165) is 0 Å². The fraction of sp³-hybridized carbons (Fsp3) is 0.500. The Hall–Kier alpha value is -1.42. The average Bonchev–Trinajstić information content (AvgIpc) is 3.16. The van der Waals surface area contributed by atoms with Gasteiger partial charge in [0.05, 0.1) is 16.4 Å². The molecule has 2 rings (SSSR count). The number of carbonyl (C=O) groups is 1. The Morgan fingerprint density at radius 2 is 1.66 bits per heavy atom. The molecule has 0 radical (unpaired) electrons. The van der Waals surface area contributed by atoms with Crippen molar-refractivity contribution < 1.29 is 40.3 Å². The van der Waals surface area contributed by atoms with E-state index in [4.69, 9.17) is 16.3 Å². The van der Waals surface area contributed by atoms with Crippen LogP contribution in [0.3, 0.4) is 0 Å². The van der Waals surface area contributed by atoms with Crippen molar-refractivity contribution >= 4 is 29.3 Å². The van der Waals surface area contributed by atoms with Crippen molar-refractivity contribution in [1.29, 1.82) is 0 Å². The van der Waals surface area contributed by atoms with Gasteiger partial charge in [-0.1, -0.05) is 38.4 Å².